The fourth-order valence-corrected chi connectivity index (χ4v) is 6.25. The molecule has 0 bridgehead atoms. The van der Waals surface area contributed by atoms with Gasteiger partial charge in [-0.15, -0.1) is 0 Å². The van der Waals surface area contributed by atoms with Crippen LogP contribution >= 0.6 is 7.14 Å². The highest BCUT2D eigenvalue weighted by atomic mass is 31.2. The largest absolute Gasteiger partial charge is 0.460 e. The molecule has 41 heavy (non-hydrogen) atoms. The Morgan fingerprint density at radius 1 is 0.463 bits per heavy atom. The minimum atomic E-state index is -7.96. The molecular weight excluding hydrogens is 606 g/mol. The molecule has 0 spiro atoms. The molecule has 0 N–H and O–H groups in total. The number of benzene rings is 3. The van der Waals surface area contributed by atoms with Crippen molar-refractivity contribution < 1.29 is 61.6 Å². The summed E-state index contributed by atoms with van der Waals surface area (Å²) in [5.41, 5.74) is -0.451. The summed E-state index contributed by atoms with van der Waals surface area (Å²) in [6, 6.07) is 20.0. The maximum Gasteiger partial charge on any atom is 0.460 e. The fraction of sp³-hybridized carbons (Fsp3) is 0.231. The third-order valence-electron chi connectivity index (χ3n) is 5.94. The number of hydrogen-bond acceptors (Lipinski definition) is 1. The smallest absolute Gasteiger partial charge is 0.309 e. The van der Waals surface area contributed by atoms with Crippen LogP contribution in [-0.2, 0) is 4.57 Å². The number of allylic oxidation sites excluding steroid dienone is 1. The second-order valence-electron chi connectivity index (χ2n) is 8.62. The Balaban J connectivity index is 1.98. The molecule has 0 amide bonds. The first kappa shape index (κ1) is 32.2. The molecule has 0 aliphatic rings. The van der Waals surface area contributed by atoms with Gasteiger partial charge in [-0.25, -0.2) is 0 Å². The zero-order valence-electron chi connectivity index (χ0n) is 20.0. The van der Waals surface area contributed by atoms with E-state index < -0.39 is 54.6 Å². The van der Waals surface area contributed by atoms with Crippen molar-refractivity contribution in [2.24, 2.45) is 0 Å². The lowest BCUT2D eigenvalue weighted by Gasteiger charge is -2.39. The Bertz CT molecular complexity index is 1370. The first-order chi connectivity index (χ1) is 18.6. The second kappa shape index (κ2) is 10.5. The Labute approximate surface area is 223 Å². The van der Waals surface area contributed by atoms with E-state index in [0.29, 0.717) is 10.6 Å². The van der Waals surface area contributed by atoms with Crippen molar-refractivity contribution >= 4 is 29.1 Å². The summed E-state index contributed by atoms with van der Waals surface area (Å²) >= 11 is 0. The van der Waals surface area contributed by atoms with Gasteiger partial charge in [0.15, 0.2) is 7.14 Å². The van der Waals surface area contributed by atoms with Crippen molar-refractivity contribution in [2.45, 2.75) is 35.8 Å². The predicted octanol–water partition coefficient (Wildman–Crippen LogP) is 8.08. The maximum atomic E-state index is 14.2. The first-order valence-electron chi connectivity index (χ1n) is 11.1. The Morgan fingerprint density at radius 2 is 0.829 bits per heavy atom. The van der Waals surface area contributed by atoms with Gasteiger partial charge in [-0.05, 0) is 11.6 Å². The molecule has 0 atom stereocenters. The third-order valence-corrected chi connectivity index (χ3v) is 9.02. The molecule has 0 unspecified atom stereocenters. The quantitative estimate of drug-likeness (QED) is 0.174. The topological polar surface area (TPSA) is 17.1 Å². The van der Waals surface area contributed by atoms with Gasteiger partial charge < -0.3 is 4.57 Å². The van der Waals surface area contributed by atoms with Crippen LogP contribution in [0.1, 0.15) is 5.56 Å². The van der Waals surface area contributed by atoms with Gasteiger partial charge in [-0.1, -0.05) is 91.0 Å². The van der Waals surface area contributed by atoms with Crippen LogP contribution in [-0.4, -0.2) is 35.8 Å². The molecule has 0 saturated heterocycles. The summed E-state index contributed by atoms with van der Waals surface area (Å²) in [5.74, 6) is -37.4. The van der Waals surface area contributed by atoms with Gasteiger partial charge in [0.25, 0.3) is 0 Å². The van der Waals surface area contributed by atoms with Gasteiger partial charge in [0, 0.05) is 15.9 Å². The SMILES string of the molecule is O=P(c1ccccc1)(c1ccccc1)c1ccc(/C=C/C(F)(F)C(F)(F)C(F)(F)C(F)(F)C(F)(F)C(F)(F)F)cc1. The van der Waals surface area contributed by atoms with Gasteiger partial charge in [0.05, 0.1) is 0 Å². The van der Waals surface area contributed by atoms with E-state index in [1.807, 2.05) is 0 Å². The van der Waals surface area contributed by atoms with E-state index in [9.17, 15) is 61.6 Å². The van der Waals surface area contributed by atoms with Gasteiger partial charge in [-0.3, -0.25) is 0 Å². The van der Waals surface area contributed by atoms with E-state index in [1.54, 1.807) is 60.7 Å². The molecule has 0 fully saturated rings. The van der Waals surface area contributed by atoms with Crippen molar-refractivity contribution in [3.05, 3.63) is 96.6 Å². The van der Waals surface area contributed by atoms with Gasteiger partial charge in [-0.2, -0.15) is 57.1 Å². The molecule has 222 valence electrons. The Hall–Kier alpha value is -3.28. The number of halogens is 13. The second-order valence-corrected chi connectivity index (χ2v) is 11.4. The molecule has 0 heterocycles. The van der Waals surface area contributed by atoms with E-state index in [2.05, 4.69) is 0 Å². The summed E-state index contributed by atoms with van der Waals surface area (Å²) < 4.78 is 187. The molecule has 0 aliphatic carbocycles. The van der Waals surface area contributed by atoms with Crippen molar-refractivity contribution in [3.63, 3.8) is 0 Å². The normalized spacial score (nSPS) is 14.5. The van der Waals surface area contributed by atoms with Crippen molar-refractivity contribution in [2.75, 3.05) is 0 Å². The fourth-order valence-electron chi connectivity index (χ4n) is 3.61. The number of alkyl halides is 13. The molecular formula is C26H16F13OP. The summed E-state index contributed by atoms with van der Waals surface area (Å²) in [5, 5.41) is 0.809. The third kappa shape index (κ3) is 5.26. The molecule has 3 aromatic carbocycles. The number of rotatable bonds is 9. The van der Waals surface area contributed by atoms with E-state index in [-0.39, 0.29) is 11.4 Å². The van der Waals surface area contributed by atoms with Crippen LogP contribution in [0.25, 0.3) is 6.08 Å². The Kier molecular flexibility index (Phi) is 8.28. The summed E-state index contributed by atoms with van der Waals surface area (Å²) in [4.78, 5) is 0. The van der Waals surface area contributed by atoms with Gasteiger partial charge >= 0.3 is 35.8 Å². The zero-order valence-corrected chi connectivity index (χ0v) is 20.9. The molecule has 0 aliphatic heterocycles. The minimum absolute atomic E-state index is 0.0315. The first-order valence-corrected chi connectivity index (χ1v) is 12.8. The van der Waals surface area contributed by atoms with Crippen LogP contribution in [0.3, 0.4) is 0 Å². The van der Waals surface area contributed by atoms with Crippen molar-refractivity contribution in [3.8, 4) is 0 Å². The van der Waals surface area contributed by atoms with Crippen molar-refractivity contribution in [1.29, 1.82) is 0 Å². The van der Waals surface area contributed by atoms with Crippen LogP contribution < -0.4 is 15.9 Å². The van der Waals surface area contributed by atoms with Crippen LogP contribution in [0.15, 0.2) is 91.0 Å². The zero-order chi connectivity index (χ0) is 31.1. The van der Waals surface area contributed by atoms with Crippen LogP contribution in [0.5, 0.6) is 0 Å². The molecule has 3 rings (SSSR count). The van der Waals surface area contributed by atoms with Gasteiger partial charge in [0.2, 0.25) is 0 Å². The average molecular weight is 622 g/mol. The lowest BCUT2D eigenvalue weighted by atomic mass is 9.93. The highest BCUT2D eigenvalue weighted by Gasteiger charge is 2.90. The summed E-state index contributed by atoms with van der Waals surface area (Å²) in [6.07, 6.45) is -8.47. The number of hydrogen-bond donors (Lipinski definition) is 0. The summed E-state index contributed by atoms with van der Waals surface area (Å²) in [7, 11) is -3.58. The van der Waals surface area contributed by atoms with E-state index in [0.717, 1.165) is 24.3 Å². The highest BCUT2D eigenvalue weighted by molar-refractivity contribution is 7.85. The van der Waals surface area contributed by atoms with Crippen LogP contribution in [0.2, 0.25) is 0 Å². The molecule has 0 saturated carbocycles. The van der Waals surface area contributed by atoms with Crippen LogP contribution in [0.4, 0.5) is 57.1 Å². The maximum absolute atomic E-state index is 14.2. The molecule has 0 aromatic heterocycles. The monoisotopic (exact) mass is 622 g/mol. The molecule has 3 aromatic rings. The van der Waals surface area contributed by atoms with Gasteiger partial charge in [0.1, 0.15) is 0 Å². The van der Waals surface area contributed by atoms with E-state index >= 15 is 0 Å². The standard InChI is InChI=1S/C26H16F13OP/c27-21(28,22(29,30)23(31,32)24(33,34)25(35,36)26(37,38)39)16-15-17-11-13-20(14-12-17)41(40,18-7-3-1-4-8-18)19-9-5-2-6-10-19/h1-16H/b16-15+. The van der Waals surface area contributed by atoms with Crippen LogP contribution in [0, 0.1) is 0 Å². The average Bonchev–Trinajstić information content (AvgIpc) is 2.91. The summed E-state index contributed by atoms with van der Waals surface area (Å²) in [6.45, 7) is 0. The molecule has 15 heteroatoms. The molecule has 0 radical (unpaired) electrons. The predicted molar refractivity (Wildman–Crippen MR) is 126 cm³/mol. The van der Waals surface area contributed by atoms with E-state index in [4.69, 9.17) is 0 Å². The lowest BCUT2D eigenvalue weighted by molar-refractivity contribution is -0.436. The minimum Gasteiger partial charge on any atom is -0.309 e. The molecule has 1 nitrogen and oxygen atoms in total. The van der Waals surface area contributed by atoms with E-state index in [1.165, 1.54) is 0 Å². The highest BCUT2D eigenvalue weighted by Crippen LogP contribution is 2.60. The Morgan fingerprint density at radius 3 is 1.22 bits per heavy atom. The van der Waals surface area contributed by atoms with Crippen molar-refractivity contribution in [1.82, 2.24) is 0 Å². The lowest BCUT2D eigenvalue weighted by Crippen LogP contribution is -2.69.